The van der Waals surface area contributed by atoms with Gasteiger partial charge in [-0.1, -0.05) is 34.8 Å². The van der Waals surface area contributed by atoms with Crippen molar-refractivity contribution in [2.24, 2.45) is 5.10 Å². The highest BCUT2D eigenvalue weighted by atomic mass is 35.5. The summed E-state index contributed by atoms with van der Waals surface area (Å²) in [6.07, 6.45) is 0. The molecule has 0 aliphatic rings. The zero-order valence-corrected chi connectivity index (χ0v) is 13.8. The number of hydrogen-bond acceptors (Lipinski definition) is 5. The van der Waals surface area contributed by atoms with Crippen LogP contribution in [0.25, 0.3) is 0 Å². The molecule has 0 radical (unpaired) electrons. The lowest BCUT2D eigenvalue weighted by atomic mass is 10.2. The summed E-state index contributed by atoms with van der Waals surface area (Å²) in [5.41, 5.74) is 2.47. The molecule has 5 nitrogen and oxygen atoms in total. The van der Waals surface area contributed by atoms with E-state index >= 15 is 0 Å². The maximum Gasteiger partial charge on any atom is 0.348 e. The van der Waals surface area contributed by atoms with Crippen LogP contribution < -0.4 is 11.1 Å². The van der Waals surface area contributed by atoms with E-state index in [1.807, 2.05) is 0 Å². The Kier molecular flexibility index (Phi) is 5.01. The van der Waals surface area contributed by atoms with Crippen molar-refractivity contribution in [1.29, 1.82) is 0 Å². The van der Waals surface area contributed by atoms with Gasteiger partial charge in [-0.3, -0.25) is 5.43 Å². The number of aromatic hydroxyl groups is 1. The van der Waals surface area contributed by atoms with E-state index < -0.39 is 5.63 Å². The van der Waals surface area contributed by atoms with E-state index in [1.165, 1.54) is 25.1 Å². The van der Waals surface area contributed by atoms with Crippen molar-refractivity contribution in [2.75, 3.05) is 5.43 Å². The third-order valence-electron chi connectivity index (χ3n) is 2.76. The summed E-state index contributed by atoms with van der Waals surface area (Å²) in [5.74, 6) is 0.0842. The molecular formula is C14H11Cl3N2O3. The standard InChI is InChI=1S/C14H11Cl3N2O3/c1-6-3-11(20)12(14(21)22-6)7(2)18-19-13-9(16)4-8(15)5-10(13)17/h3-5,19-20H,1-2H3/b18-7-. The predicted octanol–water partition coefficient (Wildman–Crippen LogP) is 4.45. The van der Waals surface area contributed by atoms with Gasteiger partial charge in [0.15, 0.2) is 0 Å². The molecule has 22 heavy (non-hydrogen) atoms. The average molecular weight is 362 g/mol. The van der Waals surface area contributed by atoms with Gasteiger partial charge < -0.3 is 9.52 Å². The number of nitrogens with zero attached hydrogens (tertiary/aromatic N) is 1. The molecule has 0 aliphatic carbocycles. The molecular weight excluding hydrogens is 351 g/mol. The Morgan fingerprint density at radius 2 is 1.82 bits per heavy atom. The van der Waals surface area contributed by atoms with Crippen LogP contribution in [0.3, 0.4) is 0 Å². The molecule has 0 saturated heterocycles. The van der Waals surface area contributed by atoms with E-state index in [0.717, 1.165) is 0 Å². The summed E-state index contributed by atoms with van der Waals surface area (Å²) < 4.78 is 4.93. The molecule has 1 aromatic carbocycles. The number of hydrazone groups is 1. The summed E-state index contributed by atoms with van der Waals surface area (Å²) in [7, 11) is 0. The highest BCUT2D eigenvalue weighted by molar-refractivity contribution is 6.41. The van der Waals surface area contributed by atoms with Gasteiger partial charge in [-0.05, 0) is 26.0 Å². The zero-order chi connectivity index (χ0) is 16.4. The molecule has 1 aromatic heterocycles. The number of anilines is 1. The van der Waals surface area contributed by atoms with Gasteiger partial charge in [-0.25, -0.2) is 4.79 Å². The maximum atomic E-state index is 11.8. The number of benzene rings is 1. The van der Waals surface area contributed by atoms with Gasteiger partial charge in [0.2, 0.25) is 0 Å². The Hall–Kier alpha value is -1.69. The molecule has 0 saturated carbocycles. The van der Waals surface area contributed by atoms with Crippen molar-refractivity contribution in [3.05, 3.63) is 55.0 Å². The van der Waals surface area contributed by atoms with Crippen molar-refractivity contribution < 1.29 is 9.52 Å². The molecule has 0 aliphatic heterocycles. The van der Waals surface area contributed by atoms with Gasteiger partial charge in [0.25, 0.3) is 0 Å². The van der Waals surface area contributed by atoms with Crippen LogP contribution in [-0.2, 0) is 0 Å². The van der Waals surface area contributed by atoms with E-state index in [4.69, 9.17) is 39.2 Å². The van der Waals surface area contributed by atoms with Crippen molar-refractivity contribution in [2.45, 2.75) is 13.8 Å². The molecule has 0 atom stereocenters. The largest absolute Gasteiger partial charge is 0.507 e. The first-order chi connectivity index (χ1) is 10.3. The van der Waals surface area contributed by atoms with Gasteiger partial charge in [-0.15, -0.1) is 0 Å². The van der Waals surface area contributed by atoms with Crippen molar-refractivity contribution in [3.63, 3.8) is 0 Å². The maximum absolute atomic E-state index is 11.8. The lowest BCUT2D eigenvalue weighted by Gasteiger charge is -2.08. The normalized spacial score (nSPS) is 11.6. The predicted molar refractivity (Wildman–Crippen MR) is 88.7 cm³/mol. The van der Waals surface area contributed by atoms with Crippen LogP contribution in [0.1, 0.15) is 18.2 Å². The first kappa shape index (κ1) is 16.7. The fourth-order valence-corrected chi connectivity index (χ4v) is 2.68. The molecule has 8 heteroatoms. The van der Waals surface area contributed by atoms with Crippen molar-refractivity contribution in [1.82, 2.24) is 0 Å². The first-order valence-corrected chi connectivity index (χ1v) is 7.22. The molecule has 2 aromatic rings. The number of halogens is 3. The molecule has 0 fully saturated rings. The Balaban J connectivity index is 2.38. The third-order valence-corrected chi connectivity index (χ3v) is 3.57. The smallest absolute Gasteiger partial charge is 0.348 e. The Labute approximate surface area is 141 Å². The lowest BCUT2D eigenvalue weighted by Crippen LogP contribution is -2.14. The topological polar surface area (TPSA) is 74.8 Å². The summed E-state index contributed by atoms with van der Waals surface area (Å²) in [6, 6.07) is 4.33. The third kappa shape index (κ3) is 3.55. The van der Waals surface area contributed by atoms with E-state index in [2.05, 4.69) is 10.5 Å². The highest BCUT2D eigenvalue weighted by Crippen LogP contribution is 2.33. The van der Waals surface area contributed by atoms with Crippen molar-refractivity contribution in [3.8, 4) is 5.75 Å². The van der Waals surface area contributed by atoms with Gasteiger partial charge in [0, 0.05) is 11.1 Å². The Morgan fingerprint density at radius 3 is 2.36 bits per heavy atom. The average Bonchev–Trinajstić information content (AvgIpc) is 2.35. The van der Waals surface area contributed by atoms with Crippen LogP contribution in [-0.4, -0.2) is 10.8 Å². The first-order valence-electron chi connectivity index (χ1n) is 6.08. The molecule has 0 unspecified atom stereocenters. The highest BCUT2D eigenvalue weighted by Gasteiger charge is 2.14. The molecule has 0 amide bonds. The molecule has 116 valence electrons. The van der Waals surface area contributed by atoms with E-state index in [9.17, 15) is 9.90 Å². The Bertz CT molecular complexity index is 792. The summed E-state index contributed by atoms with van der Waals surface area (Å²) in [6.45, 7) is 3.09. The quantitative estimate of drug-likeness (QED) is 0.625. The van der Waals surface area contributed by atoms with Gasteiger partial charge in [0.05, 0.1) is 21.4 Å². The molecule has 2 N–H and O–H groups in total. The molecule has 1 heterocycles. The molecule has 2 rings (SSSR count). The lowest BCUT2D eigenvalue weighted by molar-refractivity contribution is 0.432. The van der Waals surface area contributed by atoms with Gasteiger partial charge in [-0.2, -0.15) is 5.10 Å². The minimum absolute atomic E-state index is 0.0423. The van der Waals surface area contributed by atoms with Crippen LogP contribution in [0, 0.1) is 6.92 Å². The summed E-state index contributed by atoms with van der Waals surface area (Å²) in [4.78, 5) is 11.8. The Morgan fingerprint density at radius 1 is 1.23 bits per heavy atom. The second-order valence-electron chi connectivity index (χ2n) is 4.46. The molecule has 0 spiro atoms. The SMILES string of the molecule is C/C(=N/Nc1c(Cl)cc(Cl)cc1Cl)c1c(O)cc(C)oc1=O. The molecule has 0 bridgehead atoms. The van der Waals surface area contributed by atoms with E-state index in [0.29, 0.717) is 16.5 Å². The van der Waals surface area contributed by atoms with Crippen LogP contribution >= 0.6 is 34.8 Å². The second-order valence-corrected chi connectivity index (χ2v) is 5.71. The zero-order valence-electron chi connectivity index (χ0n) is 11.6. The minimum atomic E-state index is -0.686. The van der Waals surface area contributed by atoms with Crippen molar-refractivity contribution >= 4 is 46.2 Å². The summed E-state index contributed by atoms with van der Waals surface area (Å²) >= 11 is 17.9. The van der Waals surface area contributed by atoms with E-state index in [-0.39, 0.29) is 27.1 Å². The fourth-order valence-electron chi connectivity index (χ4n) is 1.77. The van der Waals surface area contributed by atoms with Gasteiger partial charge >= 0.3 is 5.63 Å². The second kappa shape index (κ2) is 6.60. The summed E-state index contributed by atoms with van der Waals surface area (Å²) in [5, 5.41) is 14.8. The fraction of sp³-hybridized carbons (Fsp3) is 0.143. The monoisotopic (exact) mass is 360 g/mol. The van der Waals surface area contributed by atoms with Crippen LogP contribution in [0.2, 0.25) is 15.1 Å². The van der Waals surface area contributed by atoms with E-state index in [1.54, 1.807) is 6.92 Å². The number of hydrogen-bond donors (Lipinski definition) is 2. The van der Waals surface area contributed by atoms with Crippen LogP contribution in [0.4, 0.5) is 5.69 Å². The van der Waals surface area contributed by atoms with Crippen LogP contribution in [0.15, 0.2) is 32.5 Å². The number of rotatable bonds is 3. The van der Waals surface area contributed by atoms with Gasteiger partial charge in [0.1, 0.15) is 17.1 Å². The number of aryl methyl sites for hydroxylation is 1. The number of nitrogens with one attached hydrogen (secondary N) is 1. The minimum Gasteiger partial charge on any atom is -0.507 e. The van der Waals surface area contributed by atoms with Crippen LogP contribution in [0.5, 0.6) is 5.75 Å².